The van der Waals surface area contributed by atoms with Crippen LogP contribution in [0.5, 0.6) is 0 Å². The summed E-state index contributed by atoms with van der Waals surface area (Å²) in [6, 6.07) is 35.4. The zero-order chi connectivity index (χ0) is 47.0. The summed E-state index contributed by atoms with van der Waals surface area (Å²) in [4.78, 5) is 14.7. The molecule has 0 fully saturated rings. The van der Waals surface area contributed by atoms with Gasteiger partial charge in [0, 0.05) is 38.7 Å². The first-order chi connectivity index (χ1) is 32.2. The standard InChI is InChI=1S/C51H34N4/c1-4-13-35(14-5-1)36-23-25-37(26-24-36)38-27-31-41(32-28-38)50-52-49(40-15-6-2-7-16-40)53-51(54-50)42-33-29-39(30-34-42)44-20-12-21-46-45-19-10-11-22-47(45)55(48(44)46)43-17-8-3-9-18-43/h1-34H/i3D,8D,9D,10D,11D,12D,17D,18D,19D,20D,21D,22D. The summed E-state index contributed by atoms with van der Waals surface area (Å²) in [6.45, 7) is 0. The van der Waals surface area contributed by atoms with Crippen molar-refractivity contribution in [3.05, 3.63) is 206 Å². The van der Waals surface area contributed by atoms with Crippen molar-refractivity contribution in [2.24, 2.45) is 0 Å². The van der Waals surface area contributed by atoms with Gasteiger partial charge in [0.2, 0.25) is 0 Å². The van der Waals surface area contributed by atoms with Crippen LogP contribution >= 0.6 is 0 Å². The first-order valence-electron chi connectivity index (χ1n) is 23.5. The molecule has 4 nitrogen and oxygen atoms in total. The minimum absolute atomic E-state index is 0.00136. The Morgan fingerprint density at radius 2 is 0.764 bits per heavy atom. The van der Waals surface area contributed by atoms with Gasteiger partial charge in [0.25, 0.3) is 0 Å². The molecule has 4 heteroatoms. The lowest BCUT2D eigenvalue weighted by molar-refractivity contribution is 1.07. The van der Waals surface area contributed by atoms with Crippen molar-refractivity contribution in [2.75, 3.05) is 0 Å². The van der Waals surface area contributed by atoms with E-state index in [2.05, 4.69) is 36.4 Å². The Labute approximate surface area is 336 Å². The molecule has 0 N–H and O–H groups in total. The fourth-order valence-electron chi connectivity index (χ4n) is 6.79. The fourth-order valence-corrected chi connectivity index (χ4v) is 6.79. The second kappa shape index (κ2) is 13.8. The number of benzene rings is 8. The number of para-hydroxylation sites is 3. The van der Waals surface area contributed by atoms with E-state index in [0.29, 0.717) is 28.6 Å². The monoisotopic (exact) mass is 714 g/mol. The zero-order valence-corrected chi connectivity index (χ0v) is 29.0. The van der Waals surface area contributed by atoms with Crippen molar-refractivity contribution < 1.29 is 16.4 Å². The molecule has 55 heavy (non-hydrogen) atoms. The van der Waals surface area contributed by atoms with E-state index in [-0.39, 0.29) is 27.4 Å². The number of hydrogen-bond donors (Lipinski definition) is 0. The molecule has 0 atom stereocenters. The van der Waals surface area contributed by atoms with Crippen LogP contribution < -0.4 is 0 Å². The summed E-state index contributed by atoms with van der Waals surface area (Å²) >= 11 is 0. The van der Waals surface area contributed by atoms with Gasteiger partial charge in [-0.2, -0.15) is 0 Å². The Morgan fingerprint density at radius 3 is 1.33 bits per heavy atom. The van der Waals surface area contributed by atoms with Crippen molar-refractivity contribution in [1.82, 2.24) is 19.5 Å². The van der Waals surface area contributed by atoms with Gasteiger partial charge in [0.05, 0.1) is 27.5 Å². The Kier molecular flexibility index (Phi) is 5.52. The van der Waals surface area contributed by atoms with Crippen LogP contribution in [0.3, 0.4) is 0 Å². The average Bonchev–Trinajstić information content (AvgIpc) is 3.71. The van der Waals surface area contributed by atoms with Crippen LogP contribution in [0.15, 0.2) is 206 Å². The molecule has 0 unspecified atom stereocenters. The molecule has 2 heterocycles. The molecule has 2 aromatic heterocycles. The minimum atomic E-state index is -0.691. The number of aromatic nitrogens is 4. The van der Waals surface area contributed by atoms with E-state index in [1.165, 1.54) is 0 Å². The van der Waals surface area contributed by atoms with Crippen molar-refractivity contribution >= 4 is 21.8 Å². The predicted molar refractivity (Wildman–Crippen MR) is 227 cm³/mol. The molecular formula is C51H34N4. The third kappa shape index (κ3) is 6.06. The maximum Gasteiger partial charge on any atom is 0.164 e. The van der Waals surface area contributed by atoms with E-state index in [0.717, 1.165) is 37.9 Å². The maximum atomic E-state index is 9.27. The quantitative estimate of drug-likeness (QED) is 0.165. The predicted octanol–water partition coefficient (Wildman–Crippen LogP) is 13.0. The normalized spacial score (nSPS) is 14.3. The van der Waals surface area contributed by atoms with Crippen LogP contribution in [-0.2, 0) is 0 Å². The zero-order valence-electron chi connectivity index (χ0n) is 41.0. The van der Waals surface area contributed by atoms with Gasteiger partial charge in [-0.1, -0.05) is 188 Å². The molecule has 10 rings (SSSR count). The average molecular weight is 715 g/mol. The van der Waals surface area contributed by atoms with E-state index in [9.17, 15) is 1.37 Å². The van der Waals surface area contributed by atoms with Crippen LogP contribution in [0, 0.1) is 0 Å². The first-order valence-corrected chi connectivity index (χ1v) is 17.5. The lowest BCUT2D eigenvalue weighted by Crippen LogP contribution is -2.00. The molecule has 0 radical (unpaired) electrons. The topological polar surface area (TPSA) is 43.6 Å². The van der Waals surface area contributed by atoms with E-state index in [4.69, 9.17) is 30.0 Å². The number of nitrogens with zero attached hydrogens (tertiary/aromatic N) is 4. The van der Waals surface area contributed by atoms with E-state index in [1.807, 2.05) is 72.8 Å². The highest BCUT2D eigenvalue weighted by atomic mass is 15.0. The lowest BCUT2D eigenvalue weighted by atomic mass is 9.99. The summed E-state index contributed by atoms with van der Waals surface area (Å²) in [5.74, 6) is 1.17. The molecule has 0 spiro atoms. The first kappa shape index (κ1) is 21.9. The van der Waals surface area contributed by atoms with Gasteiger partial charge in [-0.05, 0) is 45.9 Å². The Balaban J connectivity index is 1.13. The fraction of sp³-hybridized carbons (Fsp3) is 0. The third-order valence-corrected chi connectivity index (χ3v) is 9.49. The van der Waals surface area contributed by atoms with E-state index in [1.54, 1.807) is 24.3 Å². The van der Waals surface area contributed by atoms with Crippen molar-refractivity contribution in [2.45, 2.75) is 0 Å². The van der Waals surface area contributed by atoms with Crippen molar-refractivity contribution in [1.29, 1.82) is 0 Å². The van der Waals surface area contributed by atoms with Crippen LogP contribution in [0.25, 0.3) is 95.0 Å². The van der Waals surface area contributed by atoms with Gasteiger partial charge < -0.3 is 4.57 Å². The van der Waals surface area contributed by atoms with Gasteiger partial charge in [0.1, 0.15) is 0 Å². The summed E-state index contributed by atoms with van der Waals surface area (Å²) in [7, 11) is 0. The molecule has 0 saturated heterocycles. The molecule has 0 bridgehead atoms. The number of fused-ring (bicyclic) bond motifs is 3. The van der Waals surface area contributed by atoms with E-state index >= 15 is 0 Å². The summed E-state index contributed by atoms with van der Waals surface area (Å²) in [6.07, 6.45) is 0. The molecule has 0 aliphatic carbocycles. The molecule has 0 saturated carbocycles. The van der Waals surface area contributed by atoms with Gasteiger partial charge in [-0.25, -0.2) is 15.0 Å². The van der Waals surface area contributed by atoms with Crippen molar-refractivity contribution in [3.8, 4) is 73.2 Å². The highest BCUT2D eigenvalue weighted by Gasteiger charge is 2.17. The summed E-state index contributed by atoms with van der Waals surface area (Å²) < 4.78 is 107. The second-order valence-electron chi connectivity index (χ2n) is 12.8. The van der Waals surface area contributed by atoms with Gasteiger partial charge in [0.15, 0.2) is 17.5 Å². The van der Waals surface area contributed by atoms with E-state index < -0.39 is 78.2 Å². The van der Waals surface area contributed by atoms with Gasteiger partial charge in [-0.15, -0.1) is 0 Å². The van der Waals surface area contributed by atoms with Crippen LogP contribution in [-0.4, -0.2) is 19.5 Å². The summed E-state index contributed by atoms with van der Waals surface area (Å²) in [5.41, 5.74) is 5.88. The Morgan fingerprint density at radius 1 is 0.345 bits per heavy atom. The second-order valence-corrected chi connectivity index (χ2v) is 12.8. The van der Waals surface area contributed by atoms with Crippen LogP contribution in [0.1, 0.15) is 16.4 Å². The third-order valence-electron chi connectivity index (χ3n) is 9.49. The Bertz CT molecular complexity index is 3590. The van der Waals surface area contributed by atoms with Crippen LogP contribution in [0.4, 0.5) is 0 Å². The smallest absolute Gasteiger partial charge is 0.164 e. The van der Waals surface area contributed by atoms with Gasteiger partial charge >= 0.3 is 0 Å². The lowest BCUT2D eigenvalue weighted by Gasteiger charge is -2.12. The maximum absolute atomic E-state index is 9.27. The Hall–Kier alpha value is -7.43. The number of hydrogen-bond acceptors (Lipinski definition) is 3. The largest absolute Gasteiger partial charge is 0.309 e. The SMILES string of the molecule is [2H]c1c([2H])c([2H])c(-n2c3c([2H])c([2H])c([2H])c([2H])c3c3c([2H])c([2H])c([2H])c(-c4ccc(-c5nc(-c6ccccc6)nc(-c6ccc(-c7ccc(-c8ccccc8)cc7)cc6)n5)cc4)c32)c([2H])c1[2H]. The molecular weight excluding hydrogens is 669 g/mol. The molecule has 8 aromatic carbocycles. The molecule has 0 amide bonds. The van der Waals surface area contributed by atoms with Gasteiger partial charge in [-0.3, -0.25) is 0 Å². The minimum Gasteiger partial charge on any atom is -0.309 e. The highest BCUT2D eigenvalue weighted by Crippen LogP contribution is 2.38. The molecule has 10 aromatic rings. The highest BCUT2D eigenvalue weighted by molar-refractivity contribution is 6.13. The van der Waals surface area contributed by atoms with Crippen molar-refractivity contribution in [3.63, 3.8) is 0 Å². The molecule has 0 aliphatic rings. The molecule has 0 aliphatic heterocycles. The van der Waals surface area contributed by atoms with Crippen LogP contribution in [0.2, 0.25) is 0 Å². The number of rotatable bonds is 7. The summed E-state index contributed by atoms with van der Waals surface area (Å²) in [5, 5.41) is -0.331. The molecule has 258 valence electrons.